The van der Waals surface area contributed by atoms with E-state index in [1.54, 1.807) is 0 Å². The zero-order valence-electron chi connectivity index (χ0n) is 18.7. The number of carbonyl (C=O) groups excluding carboxylic acids is 1. The molecule has 0 aromatic carbocycles. The monoisotopic (exact) mass is 368 g/mol. The molecule has 156 valence electrons. The van der Waals surface area contributed by atoms with Crippen LogP contribution < -0.4 is 0 Å². The molecule has 0 N–H and O–H groups in total. The van der Waals surface area contributed by atoms with Gasteiger partial charge in [-0.1, -0.05) is 104 Å². The van der Waals surface area contributed by atoms with Gasteiger partial charge in [0.1, 0.15) is 0 Å². The summed E-state index contributed by atoms with van der Waals surface area (Å²) in [6.07, 6.45) is 19.4. The predicted octanol–water partition coefficient (Wildman–Crippen LogP) is 8.08. The van der Waals surface area contributed by atoms with E-state index in [0.29, 0.717) is 6.42 Å². The summed E-state index contributed by atoms with van der Waals surface area (Å²) in [7, 11) is 0. The molecule has 0 amide bonds. The molecule has 26 heavy (non-hydrogen) atoms. The van der Waals surface area contributed by atoms with Gasteiger partial charge in [0, 0.05) is 6.42 Å². The van der Waals surface area contributed by atoms with Gasteiger partial charge >= 0.3 is 5.97 Å². The van der Waals surface area contributed by atoms with Crippen LogP contribution in [0.4, 0.5) is 0 Å². The fourth-order valence-electron chi connectivity index (χ4n) is 3.70. The second-order valence-corrected chi connectivity index (χ2v) is 8.76. The number of hydrogen-bond donors (Lipinski definition) is 0. The molecule has 0 aliphatic carbocycles. The maximum Gasteiger partial charge on any atom is 0.306 e. The highest BCUT2D eigenvalue weighted by Gasteiger charge is 2.12. The van der Waals surface area contributed by atoms with Crippen LogP contribution in [0, 0.1) is 11.8 Å². The van der Waals surface area contributed by atoms with Gasteiger partial charge in [-0.2, -0.15) is 0 Å². The molecule has 0 saturated carbocycles. The van der Waals surface area contributed by atoms with Crippen LogP contribution in [0.25, 0.3) is 0 Å². The smallest absolute Gasteiger partial charge is 0.306 e. The first kappa shape index (κ1) is 25.5. The third-order valence-corrected chi connectivity index (χ3v) is 5.44. The molecule has 0 bridgehead atoms. The summed E-state index contributed by atoms with van der Waals surface area (Å²) in [6, 6.07) is 0. The molecule has 0 aromatic heterocycles. The number of rotatable bonds is 18. The topological polar surface area (TPSA) is 26.3 Å². The number of ether oxygens (including phenoxy) is 1. The van der Waals surface area contributed by atoms with Crippen LogP contribution in [0.3, 0.4) is 0 Å². The zero-order chi connectivity index (χ0) is 19.6. The first-order valence-corrected chi connectivity index (χ1v) is 11.7. The van der Waals surface area contributed by atoms with Crippen molar-refractivity contribution in [3.05, 3.63) is 0 Å². The molecule has 1 atom stereocenters. The van der Waals surface area contributed by atoms with Crippen LogP contribution in [-0.4, -0.2) is 12.1 Å². The van der Waals surface area contributed by atoms with Crippen molar-refractivity contribution in [1.82, 2.24) is 0 Å². The molecule has 1 unspecified atom stereocenters. The molecule has 2 nitrogen and oxygen atoms in total. The minimum absolute atomic E-state index is 0.0211. The Hall–Kier alpha value is -0.530. The largest absolute Gasteiger partial charge is 0.463 e. The lowest BCUT2D eigenvalue weighted by Crippen LogP contribution is -2.10. The van der Waals surface area contributed by atoms with Crippen LogP contribution in [-0.2, 0) is 9.53 Å². The molecule has 0 saturated heterocycles. The first-order chi connectivity index (χ1) is 12.5. The molecule has 0 fully saturated rings. The summed E-state index contributed by atoms with van der Waals surface area (Å²) in [6.45, 7) is 10.9. The minimum Gasteiger partial charge on any atom is -0.463 e. The van der Waals surface area contributed by atoms with Crippen LogP contribution >= 0.6 is 0 Å². The third-order valence-electron chi connectivity index (χ3n) is 5.44. The second kappa shape index (κ2) is 17.9. The quantitative estimate of drug-likeness (QED) is 0.180. The fraction of sp³-hybridized carbons (Fsp3) is 0.958. The van der Waals surface area contributed by atoms with Gasteiger partial charge in [-0.25, -0.2) is 0 Å². The average molecular weight is 369 g/mol. The van der Waals surface area contributed by atoms with Crippen molar-refractivity contribution < 1.29 is 9.53 Å². The van der Waals surface area contributed by atoms with Crippen molar-refractivity contribution in [1.29, 1.82) is 0 Å². The van der Waals surface area contributed by atoms with E-state index >= 15 is 0 Å². The van der Waals surface area contributed by atoms with Gasteiger partial charge in [-0.15, -0.1) is 0 Å². The standard InChI is InChI=1S/C24H48O2/c1-6-7-8-9-12-15-18-23(21(2)3)19-16-13-10-11-14-17-20-24(25)26-22(4)5/h21-23H,6-20H2,1-5H3. The summed E-state index contributed by atoms with van der Waals surface area (Å²) in [5.74, 6) is 1.72. The average Bonchev–Trinajstić information content (AvgIpc) is 2.57. The van der Waals surface area contributed by atoms with E-state index in [2.05, 4.69) is 20.8 Å². The fourth-order valence-corrected chi connectivity index (χ4v) is 3.70. The van der Waals surface area contributed by atoms with Gasteiger partial charge in [-0.05, 0) is 32.1 Å². The first-order valence-electron chi connectivity index (χ1n) is 11.7. The Morgan fingerprint density at radius 1 is 0.692 bits per heavy atom. The van der Waals surface area contributed by atoms with Crippen molar-refractivity contribution in [2.24, 2.45) is 11.8 Å². The summed E-state index contributed by atoms with van der Waals surface area (Å²) in [5.41, 5.74) is 0. The van der Waals surface area contributed by atoms with Gasteiger partial charge in [-0.3, -0.25) is 4.79 Å². The Bertz CT molecular complexity index is 309. The summed E-state index contributed by atoms with van der Waals surface area (Å²) >= 11 is 0. The normalized spacial score (nSPS) is 12.7. The lowest BCUT2D eigenvalue weighted by Gasteiger charge is -2.20. The van der Waals surface area contributed by atoms with E-state index < -0.39 is 0 Å². The van der Waals surface area contributed by atoms with Crippen LogP contribution in [0.5, 0.6) is 0 Å². The van der Waals surface area contributed by atoms with Crippen molar-refractivity contribution in [3.8, 4) is 0 Å². The molecule has 2 heteroatoms. The Morgan fingerprint density at radius 2 is 1.15 bits per heavy atom. The van der Waals surface area contributed by atoms with Crippen molar-refractivity contribution in [2.45, 2.75) is 137 Å². The van der Waals surface area contributed by atoms with Gasteiger partial charge in [0.05, 0.1) is 6.10 Å². The molecule has 0 spiro atoms. The van der Waals surface area contributed by atoms with Crippen LogP contribution in [0.15, 0.2) is 0 Å². The minimum atomic E-state index is -0.0329. The molecule has 0 aromatic rings. The van der Waals surface area contributed by atoms with E-state index in [1.807, 2.05) is 13.8 Å². The van der Waals surface area contributed by atoms with Gasteiger partial charge < -0.3 is 4.74 Å². The number of carbonyl (C=O) groups is 1. The van der Waals surface area contributed by atoms with Gasteiger partial charge in [0.15, 0.2) is 0 Å². The highest BCUT2D eigenvalue weighted by atomic mass is 16.5. The van der Waals surface area contributed by atoms with Gasteiger partial charge in [0.2, 0.25) is 0 Å². The second-order valence-electron chi connectivity index (χ2n) is 8.76. The van der Waals surface area contributed by atoms with Crippen molar-refractivity contribution >= 4 is 5.97 Å². The van der Waals surface area contributed by atoms with Crippen LogP contribution in [0.2, 0.25) is 0 Å². The summed E-state index contributed by atoms with van der Waals surface area (Å²) in [5, 5.41) is 0. The van der Waals surface area contributed by atoms with E-state index in [4.69, 9.17) is 4.74 Å². The Balaban J connectivity index is 3.55. The highest BCUT2D eigenvalue weighted by Crippen LogP contribution is 2.25. The lowest BCUT2D eigenvalue weighted by atomic mass is 9.85. The number of hydrogen-bond acceptors (Lipinski definition) is 2. The third kappa shape index (κ3) is 16.9. The maximum absolute atomic E-state index is 11.5. The lowest BCUT2D eigenvalue weighted by molar-refractivity contribution is -0.147. The summed E-state index contributed by atoms with van der Waals surface area (Å²) < 4.78 is 5.16. The Labute approximate surface area is 164 Å². The zero-order valence-corrected chi connectivity index (χ0v) is 18.7. The van der Waals surface area contributed by atoms with E-state index in [0.717, 1.165) is 18.3 Å². The molecule has 0 heterocycles. The number of esters is 1. The molecular formula is C24H48O2. The molecule has 0 aliphatic rings. The molecule has 0 aliphatic heterocycles. The Kier molecular flexibility index (Phi) is 17.5. The predicted molar refractivity (Wildman–Crippen MR) is 114 cm³/mol. The molecular weight excluding hydrogens is 320 g/mol. The van der Waals surface area contributed by atoms with E-state index in [-0.39, 0.29) is 12.1 Å². The SMILES string of the molecule is CCCCCCCCC(CCCCCCCCC(=O)OC(C)C)C(C)C. The van der Waals surface area contributed by atoms with E-state index in [1.165, 1.54) is 83.5 Å². The summed E-state index contributed by atoms with van der Waals surface area (Å²) in [4.78, 5) is 11.5. The maximum atomic E-state index is 11.5. The van der Waals surface area contributed by atoms with Crippen molar-refractivity contribution in [3.63, 3.8) is 0 Å². The number of unbranched alkanes of at least 4 members (excludes halogenated alkanes) is 10. The van der Waals surface area contributed by atoms with Crippen molar-refractivity contribution in [2.75, 3.05) is 0 Å². The molecule has 0 rings (SSSR count). The van der Waals surface area contributed by atoms with E-state index in [9.17, 15) is 4.79 Å². The highest BCUT2D eigenvalue weighted by molar-refractivity contribution is 5.69. The Morgan fingerprint density at radius 3 is 1.62 bits per heavy atom. The van der Waals surface area contributed by atoms with Crippen LogP contribution in [0.1, 0.15) is 131 Å². The van der Waals surface area contributed by atoms with Gasteiger partial charge in [0.25, 0.3) is 0 Å². The molecule has 0 radical (unpaired) electrons.